The molecule has 0 aliphatic carbocycles. The molecule has 0 aromatic heterocycles. The summed E-state index contributed by atoms with van der Waals surface area (Å²) in [5.41, 5.74) is 6.36. The van der Waals surface area contributed by atoms with Gasteiger partial charge in [-0.3, -0.25) is 0 Å². The Kier molecular flexibility index (Phi) is 5.13. The minimum atomic E-state index is 0.500. The summed E-state index contributed by atoms with van der Waals surface area (Å²) in [7, 11) is 0. The van der Waals surface area contributed by atoms with E-state index in [9.17, 15) is 0 Å². The average molecular weight is 160 g/mol. The van der Waals surface area contributed by atoms with E-state index in [0.717, 1.165) is 5.70 Å². The van der Waals surface area contributed by atoms with Crippen molar-refractivity contribution in [3.8, 4) is 0 Å². The van der Waals surface area contributed by atoms with E-state index < -0.39 is 0 Å². The third-order valence-electron chi connectivity index (χ3n) is 0.925. The van der Waals surface area contributed by atoms with Gasteiger partial charge in [0.2, 0.25) is 0 Å². The van der Waals surface area contributed by atoms with Gasteiger partial charge >= 0.3 is 0 Å². The topological polar surface area (TPSA) is 26.0 Å². The molecule has 0 bridgehead atoms. The first kappa shape index (κ1) is 9.57. The van der Waals surface area contributed by atoms with Gasteiger partial charge < -0.3 is 5.73 Å². The highest BCUT2D eigenvalue weighted by Gasteiger charge is 1.86. The number of hydrogen-bond acceptors (Lipinski definition) is 1. The van der Waals surface area contributed by atoms with E-state index in [0.29, 0.717) is 11.8 Å². The van der Waals surface area contributed by atoms with E-state index in [-0.39, 0.29) is 0 Å². The lowest BCUT2D eigenvalue weighted by molar-refractivity contribution is 0.823. The molecule has 1 nitrogen and oxygen atoms in total. The van der Waals surface area contributed by atoms with Crippen LogP contribution >= 0.6 is 11.6 Å². The fourth-order valence-electron chi connectivity index (χ4n) is 0.621. The number of rotatable bonds is 3. The second kappa shape index (κ2) is 5.36. The summed E-state index contributed by atoms with van der Waals surface area (Å²) < 4.78 is 0. The number of hydrogen-bond donors (Lipinski definition) is 1. The lowest BCUT2D eigenvalue weighted by Crippen LogP contribution is -1.95. The third kappa shape index (κ3) is 5.70. The van der Waals surface area contributed by atoms with E-state index in [1.54, 1.807) is 0 Å². The van der Waals surface area contributed by atoms with Crippen molar-refractivity contribution in [1.82, 2.24) is 0 Å². The zero-order valence-electron chi connectivity index (χ0n) is 6.47. The van der Waals surface area contributed by atoms with Crippen molar-refractivity contribution < 1.29 is 0 Å². The minimum Gasteiger partial charge on any atom is -0.399 e. The zero-order valence-corrected chi connectivity index (χ0v) is 7.23. The molecule has 58 valence electrons. The van der Waals surface area contributed by atoms with Gasteiger partial charge in [0.15, 0.2) is 0 Å². The van der Waals surface area contributed by atoms with Crippen LogP contribution in [0.5, 0.6) is 0 Å². The van der Waals surface area contributed by atoms with E-state index in [4.69, 9.17) is 17.3 Å². The van der Waals surface area contributed by atoms with Crippen molar-refractivity contribution in [1.29, 1.82) is 0 Å². The Bertz CT molecular complexity index is 136. The predicted molar refractivity (Wildman–Crippen MR) is 47.0 cm³/mol. The monoisotopic (exact) mass is 159 g/mol. The smallest absolute Gasteiger partial charge is 0.0407 e. The normalized spacial score (nSPS) is 13.4. The zero-order chi connectivity index (χ0) is 7.98. The van der Waals surface area contributed by atoms with Crippen LogP contribution in [0.4, 0.5) is 0 Å². The second-order valence-electron chi connectivity index (χ2n) is 2.47. The predicted octanol–water partition coefficient (Wildman–Crippen LogP) is 2.28. The Labute approximate surface area is 67.6 Å². The Hall–Kier alpha value is -0.430. The van der Waals surface area contributed by atoms with Crippen molar-refractivity contribution in [2.75, 3.05) is 5.88 Å². The largest absolute Gasteiger partial charge is 0.399 e. The first-order chi connectivity index (χ1) is 4.66. The molecule has 0 atom stereocenters. The van der Waals surface area contributed by atoms with Gasteiger partial charge in [0, 0.05) is 11.6 Å². The maximum Gasteiger partial charge on any atom is 0.0407 e. The van der Waals surface area contributed by atoms with Crippen LogP contribution in [0, 0.1) is 5.92 Å². The van der Waals surface area contributed by atoms with Gasteiger partial charge in [0.1, 0.15) is 0 Å². The Balaban J connectivity index is 3.82. The van der Waals surface area contributed by atoms with Crippen LogP contribution in [-0.4, -0.2) is 5.88 Å². The van der Waals surface area contributed by atoms with Crippen molar-refractivity contribution in [2.45, 2.75) is 13.8 Å². The first-order valence-corrected chi connectivity index (χ1v) is 3.90. The molecule has 0 unspecified atom stereocenters. The van der Waals surface area contributed by atoms with E-state index in [1.165, 1.54) is 0 Å². The fraction of sp³-hybridized carbons (Fsp3) is 0.500. The van der Waals surface area contributed by atoms with Crippen LogP contribution < -0.4 is 5.73 Å². The second-order valence-corrected chi connectivity index (χ2v) is 2.78. The van der Waals surface area contributed by atoms with Crippen LogP contribution in [0.3, 0.4) is 0 Å². The Morgan fingerprint density at radius 3 is 2.60 bits per heavy atom. The van der Waals surface area contributed by atoms with Crippen LogP contribution in [0.15, 0.2) is 23.9 Å². The van der Waals surface area contributed by atoms with Gasteiger partial charge in [-0.15, -0.1) is 11.6 Å². The molecular formula is C8H14ClN. The maximum atomic E-state index is 5.58. The molecular weight excluding hydrogens is 146 g/mol. The molecule has 0 aromatic carbocycles. The number of alkyl halides is 1. The van der Waals surface area contributed by atoms with E-state index in [2.05, 4.69) is 13.8 Å². The van der Waals surface area contributed by atoms with Crippen molar-refractivity contribution in [2.24, 2.45) is 11.7 Å². The molecule has 0 fully saturated rings. The standard InChI is InChI=1S/C8H14ClN/c1-7(2)6-8(10)4-3-5-9/h3-4,6-7H,5,10H2,1-2H3/b4-3-,8-6+. The molecule has 0 aromatic rings. The van der Waals surface area contributed by atoms with Crippen molar-refractivity contribution in [3.05, 3.63) is 23.9 Å². The highest BCUT2D eigenvalue weighted by Crippen LogP contribution is 1.98. The van der Waals surface area contributed by atoms with Crippen LogP contribution in [0.2, 0.25) is 0 Å². The quantitative estimate of drug-likeness (QED) is 0.496. The Morgan fingerprint density at radius 1 is 1.60 bits per heavy atom. The molecule has 0 aliphatic heterocycles. The van der Waals surface area contributed by atoms with Gasteiger partial charge in [-0.05, 0) is 12.0 Å². The van der Waals surface area contributed by atoms with Crippen LogP contribution in [-0.2, 0) is 0 Å². The summed E-state index contributed by atoms with van der Waals surface area (Å²) >= 11 is 5.41. The molecule has 0 heterocycles. The summed E-state index contributed by atoms with van der Waals surface area (Å²) in [5.74, 6) is 1.02. The van der Waals surface area contributed by atoms with Gasteiger partial charge in [-0.1, -0.05) is 26.0 Å². The minimum absolute atomic E-state index is 0.500. The van der Waals surface area contributed by atoms with Crippen LogP contribution in [0.1, 0.15) is 13.8 Å². The third-order valence-corrected chi connectivity index (χ3v) is 1.10. The summed E-state index contributed by atoms with van der Waals surface area (Å²) in [4.78, 5) is 0. The summed E-state index contributed by atoms with van der Waals surface area (Å²) in [5, 5.41) is 0. The maximum absolute atomic E-state index is 5.58. The molecule has 10 heavy (non-hydrogen) atoms. The summed E-state index contributed by atoms with van der Waals surface area (Å²) in [6, 6.07) is 0. The highest BCUT2D eigenvalue weighted by molar-refractivity contribution is 6.18. The van der Waals surface area contributed by atoms with Gasteiger partial charge in [0.05, 0.1) is 0 Å². The molecule has 0 aliphatic rings. The number of allylic oxidation sites excluding steroid dienone is 3. The fourth-order valence-corrected chi connectivity index (χ4v) is 0.710. The Morgan fingerprint density at radius 2 is 2.20 bits per heavy atom. The first-order valence-electron chi connectivity index (χ1n) is 3.36. The number of halogens is 1. The SMILES string of the molecule is CC(C)/C=C(N)\C=C/CCl. The lowest BCUT2D eigenvalue weighted by atomic mass is 10.2. The van der Waals surface area contributed by atoms with E-state index >= 15 is 0 Å². The summed E-state index contributed by atoms with van der Waals surface area (Å²) in [6.45, 7) is 4.17. The van der Waals surface area contributed by atoms with Gasteiger partial charge in [0.25, 0.3) is 0 Å². The summed E-state index contributed by atoms with van der Waals surface area (Å²) in [6.07, 6.45) is 5.64. The molecule has 0 spiro atoms. The van der Waals surface area contributed by atoms with Crippen molar-refractivity contribution >= 4 is 11.6 Å². The molecule has 0 saturated carbocycles. The molecule has 2 heteroatoms. The highest BCUT2D eigenvalue weighted by atomic mass is 35.5. The average Bonchev–Trinajstić information content (AvgIpc) is 1.82. The molecule has 0 radical (unpaired) electrons. The van der Waals surface area contributed by atoms with Gasteiger partial charge in [-0.2, -0.15) is 0 Å². The van der Waals surface area contributed by atoms with Gasteiger partial charge in [-0.25, -0.2) is 0 Å². The molecule has 0 saturated heterocycles. The molecule has 0 rings (SSSR count). The lowest BCUT2D eigenvalue weighted by Gasteiger charge is -1.95. The van der Waals surface area contributed by atoms with Crippen molar-refractivity contribution in [3.63, 3.8) is 0 Å². The molecule has 0 amide bonds. The molecule has 2 N–H and O–H groups in total. The van der Waals surface area contributed by atoms with E-state index in [1.807, 2.05) is 18.2 Å². The number of nitrogens with two attached hydrogens (primary N) is 1. The van der Waals surface area contributed by atoms with Crippen LogP contribution in [0.25, 0.3) is 0 Å².